The lowest BCUT2D eigenvalue weighted by Gasteiger charge is -2.21. The van der Waals surface area contributed by atoms with Crippen molar-refractivity contribution in [1.29, 1.82) is 0 Å². The van der Waals surface area contributed by atoms with Crippen molar-refractivity contribution in [3.05, 3.63) is 22.4 Å². The molecule has 0 saturated heterocycles. The van der Waals surface area contributed by atoms with E-state index >= 15 is 0 Å². The van der Waals surface area contributed by atoms with Crippen molar-refractivity contribution in [2.45, 2.75) is 12.8 Å². The highest BCUT2D eigenvalue weighted by molar-refractivity contribution is 7.88. The molecule has 0 spiro atoms. The van der Waals surface area contributed by atoms with Crippen molar-refractivity contribution >= 4 is 27.3 Å². The lowest BCUT2D eigenvalue weighted by molar-refractivity contribution is -0.120. The van der Waals surface area contributed by atoms with E-state index in [9.17, 15) is 13.2 Å². The summed E-state index contributed by atoms with van der Waals surface area (Å²) in [4.78, 5) is 14.8. The zero-order valence-corrected chi connectivity index (χ0v) is 15.0. The minimum Gasteiger partial charge on any atom is -0.354 e. The number of sulfonamides is 1. The van der Waals surface area contributed by atoms with Crippen LogP contribution < -0.4 is 5.32 Å². The summed E-state index contributed by atoms with van der Waals surface area (Å²) in [6.45, 7) is 1.94. The Bertz CT molecular complexity index is 542. The quantitative estimate of drug-likeness (QED) is 0.674. The first kappa shape index (κ1) is 19.1. The van der Waals surface area contributed by atoms with Gasteiger partial charge in [-0.25, -0.2) is 12.7 Å². The first-order chi connectivity index (χ1) is 10.3. The highest BCUT2D eigenvalue weighted by Crippen LogP contribution is 2.08. The standard InChI is InChI=1S/C14H25N3O3S2/c1-16(2)8-5-9-17(22(3,19)20)10-7-15-14(18)12-13-6-4-11-21-13/h4,6,11H,5,7-10,12H2,1-3H3,(H,15,18). The first-order valence-electron chi connectivity index (χ1n) is 7.18. The van der Waals surface area contributed by atoms with Crippen molar-refractivity contribution < 1.29 is 13.2 Å². The maximum atomic E-state index is 11.8. The molecule has 22 heavy (non-hydrogen) atoms. The number of hydrogen-bond acceptors (Lipinski definition) is 5. The van der Waals surface area contributed by atoms with Crippen LogP contribution in [0.5, 0.6) is 0 Å². The van der Waals surface area contributed by atoms with Gasteiger partial charge in [-0.15, -0.1) is 11.3 Å². The van der Waals surface area contributed by atoms with E-state index in [0.717, 1.165) is 17.8 Å². The topological polar surface area (TPSA) is 69.7 Å². The normalized spacial score (nSPS) is 12.0. The van der Waals surface area contributed by atoms with Crippen LogP contribution in [-0.2, 0) is 21.2 Å². The zero-order chi connectivity index (χ0) is 16.6. The number of nitrogens with zero attached hydrogens (tertiary/aromatic N) is 2. The van der Waals surface area contributed by atoms with E-state index in [2.05, 4.69) is 5.32 Å². The Labute approximate surface area is 137 Å². The molecule has 1 aromatic rings. The third-order valence-corrected chi connectivity index (χ3v) is 5.26. The van der Waals surface area contributed by atoms with Crippen LogP contribution in [0.25, 0.3) is 0 Å². The Kier molecular flexibility index (Phi) is 8.02. The van der Waals surface area contributed by atoms with Crippen molar-refractivity contribution in [2.24, 2.45) is 0 Å². The van der Waals surface area contributed by atoms with Gasteiger partial charge in [0.1, 0.15) is 0 Å². The molecule has 0 saturated carbocycles. The smallest absolute Gasteiger partial charge is 0.225 e. The molecule has 6 nitrogen and oxygen atoms in total. The SMILES string of the molecule is CN(C)CCCN(CCNC(=O)Cc1cccs1)S(C)(=O)=O. The van der Waals surface area contributed by atoms with Crippen LogP contribution in [0.3, 0.4) is 0 Å². The van der Waals surface area contributed by atoms with Crippen LogP contribution in [0.1, 0.15) is 11.3 Å². The first-order valence-corrected chi connectivity index (χ1v) is 9.91. The molecule has 0 fully saturated rings. The average molecular weight is 348 g/mol. The van der Waals surface area contributed by atoms with Crippen LogP contribution >= 0.6 is 11.3 Å². The van der Waals surface area contributed by atoms with Gasteiger partial charge in [0.25, 0.3) is 0 Å². The summed E-state index contributed by atoms with van der Waals surface area (Å²) in [5, 5.41) is 4.70. The number of hydrogen-bond donors (Lipinski definition) is 1. The van der Waals surface area contributed by atoms with E-state index in [1.807, 2.05) is 36.5 Å². The molecule has 0 bridgehead atoms. The summed E-state index contributed by atoms with van der Waals surface area (Å²) >= 11 is 1.54. The molecule has 0 radical (unpaired) electrons. The average Bonchev–Trinajstić information content (AvgIpc) is 2.88. The van der Waals surface area contributed by atoms with Gasteiger partial charge in [-0.3, -0.25) is 4.79 Å². The van der Waals surface area contributed by atoms with Crippen LogP contribution in [0.2, 0.25) is 0 Å². The molecule has 126 valence electrons. The van der Waals surface area contributed by atoms with Gasteiger partial charge in [0, 0.05) is 24.5 Å². The Morgan fingerprint density at radius 3 is 2.55 bits per heavy atom. The minimum absolute atomic E-state index is 0.0795. The lowest BCUT2D eigenvalue weighted by atomic mass is 10.3. The van der Waals surface area contributed by atoms with Gasteiger partial charge in [0.2, 0.25) is 15.9 Å². The molecule has 1 aromatic heterocycles. The summed E-state index contributed by atoms with van der Waals surface area (Å²) in [6, 6.07) is 3.82. The van der Waals surface area contributed by atoms with Crippen molar-refractivity contribution in [1.82, 2.24) is 14.5 Å². The Balaban J connectivity index is 2.35. The highest BCUT2D eigenvalue weighted by atomic mass is 32.2. The molecule has 0 aliphatic rings. The third kappa shape index (κ3) is 7.88. The molecule has 8 heteroatoms. The van der Waals surface area contributed by atoms with Crippen LogP contribution in [0.15, 0.2) is 17.5 Å². The Hall–Kier alpha value is -0.960. The van der Waals surface area contributed by atoms with Gasteiger partial charge in [-0.2, -0.15) is 0 Å². The van der Waals surface area contributed by atoms with Gasteiger partial charge in [-0.1, -0.05) is 6.07 Å². The molecular formula is C14H25N3O3S2. The van der Waals surface area contributed by atoms with E-state index in [4.69, 9.17) is 0 Å². The molecule has 1 heterocycles. The van der Waals surface area contributed by atoms with Gasteiger partial charge in [-0.05, 0) is 38.5 Å². The predicted molar refractivity (Wildman–Crippen MR) is 90.6 cm³/mol. The van der Waals surface area contributed by atoms with E-state index in [-0.39, 0.29) is 5.91 Å². The molecule has 0 aliphatic carbocycles. The maximum Gasteiger partial charge on any atom is 0.225 e. The van der Waals surface area contributed by atoms with Crippen LogP contribution in [-0.4, -0.2) is 70.1 Å². The number of nitrogens with one attached hydrogen (secondary N) is 1. The fourth-order valence-corrected chi connectivity index (χ4v) is 3.55. The summed E-state index contributed by atoms with van der Waals surface area (Å²) in [5.74, 6) is -0.0795. The summed E-state index contributed by atoms with van der Waals surface area (Å²) in [6.07, 6.45) is 2.32. The summed E-state index contributed by atoms with van der Waals surface area (Å²) in [7, 11) is 0.663. The second-order valence-corrected chi connectivity index (χ2v) is 8.44. The van der Waals surface area contributed by atoms with Crippen LogP contribution in [0.4, 0.5) is 0 Å². The fraction of sp³-hybridized carbons (Fsp3) is 0.643. The van der Waals surface area contributed by atoms with Crippen molar-refractivity contribution in [3.8, 4) is 0 Å². The Morgan fingerprint density at radius 1 is 1.27 bits per heavy atom. The minimum atomic E-state index is -3.25. The lowest BCUT2D eigenvalue weighted by Crippen LogP contribution is -2.39. The fourth-order valence-electron chi connectivity index (χ4n) is 1.96. The molecule has 0 atom stereocenters. The number of carbonyl (C=O) groups excluding carboxylic acids is 1. The van der Waals surface area contributed by atoms with Gasteiger partial charge < -0.3 is 10.2 Å². The van der Waals surface area contributed by atoms with E-state index in [1.165, 1.54) is 21.9 Å². The number of rotatable bonds is 10. The van der Waals surface area contributed by atoms with E-state index in [1.54, 1.807) is 0 Å². The van der Waals surface area contributed by atoms with E-state index in [0.29, 0.717) is 26.1 Å². The van der Waals surface area contributed by atoms with Gasteiger partial charge >= 0.3 is 0 Å². The molecular weight excluding hydrogens is 322 g/mol. The highest BCUT2D eigenvalue weighted by Gasteiger charge is 2.16. The zero-order valence-electron chi connectivity index (χ0n) is 13.4. The third-order valence-electron chi connectivity index (χ3n) is 3.08. The summed E-state index contributed by atoms with van der Waals surface area (Å²) < 4.78 is 24.9. The Morgan fingerprint density at radius 2 is 2.00 bits per heavy atom. The van der Waals surface area contributed by atoms with Gasteiger partial charge in [0.15, 0.2) is 0 Å². The monoisotopic (exact) mass is 347 g/mol. The molecule has 1 amide bonds. The van der Waals surface area contributed by atoms with Crippen molar-refractivity contribution in [2.75, 3.05) is 46.5 Å². The molecule has 1 N–H and O–H groups in total. The largest absolute Gasteiger partial charge is 0.354 e. The number of carbonyl (C=O) groups is 1. The van der Waals surface area contributed by atoms with Gasteiger partial charge in [0.05, 0.1) is 12.7 Å². The molecule has 1 rings (SSSR count). The van der Waals surface area contributed by atoms with Crippen LogP contribution in [0, 0.1) is 0 Å². The van der Waals surface area contributed by atoms with Crippen molar-refractivity contribution in [3.63, 3.8) is 0 Å². The summed E-state index contributed by atoms with van der Waals surface area (Å²) in [5.41, 5.74) is 0. The number of thiophene rings is 1. The maximum absolute atomic E-state index is 11.8. The molecule has 0 unspecified atom stereocenters. The second-order valence-electron chi connectivity index (χ2n) is 5.42. The number of amides is 1. The second kappa shape index (κ2) is 9.24. The van der Waals surface area contributed by atoms with E-state index < -0.39 is 10.0 Å². The predicted octanol–water partition coefficient (Wildman–Crippen LogP) is 0.620. The molecule has 0 aromatic carbocycles. The molecule has 0 aliphatic heterocycles.